The average molecular weight is 478 g/mol. The van der Waals surface area contributed by atoms with Crippen molar-refractivity contribution in [2.45, 2.75) is 0 Å². The van der Waals surface area contributed by atoms with E-state index in [9.17, 15) is 14.4 Å². The number of methoxy groups -OCH3 is 2. The highest BCUT2D eigenvalue weighted by atomic mass is 35.5. The van der Waals surface area contributed by atoms with Gasteiger partial charge in [0.25, 0.3) is 17.7 Å². The summed E-state index contributed by atoms with van der Waals surface area (Å²) in [6.07, 6.45) is 0. The fourth-order valence-corrected chi connectivity index (χ4v) is 3.59. The number of carbonyl (C=O) groups excluding carboxylic acids is 3. The number of anilines is 3. The van der Waals surface area contributed by atoms with Crippen molar-refractivity contribution in [2.24, 2.45) is 0 Å². The number of rotatable bonds is 7. The highest BCUT2D eigenvalue weighted by Crippen LogP contribution is 2.37. The number of halogens is 1. The molecule has 172 valence electrons. The molecule has 1 aliphatic rings. The molecule has 0 bridgehead atoms. The third-order valence-electron chi connectivity index (χ3n) is 5.10. The monoisotopic (exact) mass is 477 g/mol. The molecule has 0 aliphatic carbocycles. The first-order valence-corrected chi connectivity index (χ1v) is 10.5. The zero-order chi connectivity index (χ0) is 24.2. The van der Waals surface area contributed by atoms with Gasteiger partial charge in [0.2, 0.25) is 0 Å². The minimum Gasteiger partial charge on any atom is -0.497 e. The van der Waals surface area contributed by atoms with Gasteiger partial charge in [0.05, 0.1) is 19.9 Å². The van der Waals surface area contributed by atoms with Gasteiger partial charge >= 0.3 is 0 Å². The molecule has 1 aliphatic heterocycles. The summed E-state index contributed by atoms with van der Waals surface area (Å²) in [5, 5.41) is 5.43. The fraction of sp³-hybridized carbons (Fsp3) is 0.0800. The van der Waals surface area contributed by atoms with E-state index in [1.165, 1.54) is 14.2 Å². The molecule has 8 nitrogen and oxygen atoms in total. The Morgan fingerprint density at radius 2 is 1.56 bits per heavy atom. The van der Waals surface area contributed by atoms with Crippen molar-refractivity contribution < 1.29 is 23.9 Å². The lowest BCUT2D eigenvalue weighted by molar-refractivity contribution is -0.120. The lowest BCUT2D eigenvalue weighted by Crippen LogP contribution is -2.32. The largest absolute Gasteiger partial charge is 0.497 e. The highest BCUT2D eigenvalue weighted by molar-refractivity contribution is 6.53. The van der Waals surface area contributed by atoms with E-state index in [4.69, 9.17) is 21.1 Å². The van der Waals surface area contributed by atoms with Gasteiger partial charge in [0, 0.05) is 23.0 Å². The Morgan fingerprint density at radius 1 is 0.853 bits per heavy atom. The Hall–Kier alpha value is -4.30. The lowest BCUT2D eigenvalue weighted by Gasteiger charge is -2.18. The summed E-state index contributed by atoms with van der Waals surface area (Å²) >= 11 is 6.22. The van der Waals surface area contributed by atoms with Gasteiger partial charge in [0.15, 0.2) is 0 Å². The van der Waals surface area contributed by atoms with Gasteiger partial charge < -0.3 is 20.1 Å². The molecule has 2 N–H and O–H groups in total. The Kier molecular flexibility index (Phi) is 6.51. The smallest absolute Gasteiger partial charge is 0.283 e. The lowest BCUT2D eigenvalue weighted by atomic mass is 10.2. The minimum atomic E-state index is -0.684. The van der Waals surface area contributed by atoms with Crippen molar-refractivity contribution in [3.8, 4) is 11.5 Å². The first-order chi connectivity index (χ1) is 16.4. The van der Waals surface area contributed by atoms with Crippen molar-refractivity contribution in [1.82, 2.24) is 0 Å². The molecule has 0 spiro atoms. The molecule has 34 heavy (non-hydrogen) atoms. The van der Waals surface area contributed by atoms with Crippen molar-refractivity contribution in [1.29, 1.82) is 0 Å². The van der Waals surface area contributed by atoms with E-state index in [0.717, 1.165) is 4.90 Å². The van der Waals surface area contributed by atoms with Gasteiger partial charge in [0.1, 0.15) is 22.2 Å². The third-order valence-corrected chi connectivity index (χ3v) is 5.45. The molecule has 1 heterocycles. The van der Waals surface area contributed by atoms with Crippen LogP contribution in [0.1, 0.15) is 10.4 Å². The number of ether oxygens (including phenoxy) is 2. The molecule has 3 amide bonds. The molecule has 3 aromatic carbocycles. The topological polar surface area (TPSA) is 97.0 Å². The standard InChI is InChI=1S/C25H20ClN3O5/c1-33-18-12-13-19(20(14-18)34-2)29-24(31)21(26)22(25(29)32)27-17-10-8-15(9-11-17)23(30)28-16-6-4-3-5-7-16/h3-14,27H,1-2H3,(H,28,30). The number of imide groups is 1. The van der Waals surface area contributed by atoms with E-state index >= 15 is 0 Å². The molecule has 0 fully saturated rings. The molecule has 0 unspecified atom stereocenters. The Morgan fingerprint density at radius 3 is 2.21 bits per heavy atom. The maximum absolute atomic E-state index is 13.1. The van der Waals surface area contributed by atoms with E-state index < -0.39 is 11.8 Å². The molecule has 0 saturated carbocycles. The second-order valence-corrected chi connectivity index (χ2v) is 7.57. The summed E-state index contributed by atoms with van der Waals surface area (Å²) in [5.74, 6) is -0.810. The molecule has 9 heteroatoms. The van der Waals surface area contributed by atoms with E-state index in [1.807, 2.05) is 18.2 Å². The Labute approximate surface area is 200 Å². The summed E-state index contributed by atoms with van der Waals surface area (Å²) in [6.45, 7) is 0. The number of nitrogens with one attached hydrogen (secondary N) is 2. The van der Waals surface area contributed by atoms with E-state index in [2.05, 4.69) is 10.6 Å². The predicted octanol–water partition coefficient (Wildman–Crippen LogP) is 4.39. The normalized spacial score (nSPS) is 13.2. The van der Waals surface area contributed by atoms with Crippen LogP contribution in [0.25, 0.3) is 0 Å². The zero-order valence-corrected chi connectivity index (χ0v) is 19.1. The van der Waals surface area contributed by atoms with Gasteiger partial charge in [-0.25, -0.2) is 4.90 Å². The van der Waals surface area contributed by atoms with Gasteiger partial charge in [-0.1, -0.05) is 29.8 Å². The SMILES string of the molecule is COc1ccc(N2C(=O)C(Cl)=C(Nc3ccc(C(=O)Nc4ccccc4)cc3)C2=O)c(OC)c1. The molecular formula is C25H20ClN3O5. The maximum atomic E-state index is 13.1. The maximum Gasteiger partial charge on any atom is 0.283 e. The van der Waals surface area contributed by atoms with Crippen LogP contribution >= 0.6 is 11.6 Å². The minimum absolute atomic E-state index is 0.0778. The van der Waals surface area contributed by atoms with Crippen molar-refractivity contribution in [3.05, 3.63) is 89.1 Å². The molecule has 0 saturated heterocycles. The molecule has 4 rings (SSSR count). The van der Waals surface area contributed by atoms with Crippen LogP contribution in [-0.2, 0) is 9.59 Å². The first-order valence-electron chi connectivity index (χ1n) is 10.2. The van der Waals surface area contributed by atoms with Crippen LogP contribution in [-0.4, -0.2) is 31.9 Å². The van der Waals surface area contributed by atoms with E-state index in [1.54, 1.807) is 54.6 Å². The Bertz CT molecular complexity index is 1290. The molecule has 0 radical (unpaired) electrons. The van der Waals surface area contributed by atoms with E-state index in [0.29, 0.717) is 22.7 Å². The summed E-state index contributed by atoms with van der Waals surface area (Å²) in [5.41, 5.74) is 1.74. The first kappa shape index (κ1) is 22.9. The second-order valence-electron chi connectivity index (χ2n) is 7.19. The quantitative estimate of drug-likeness (QED) is 0.490. The number of carbonyl (C=O) groups is 3. The number of hydrogen-bond donors (Lipinski definition) is 2. The van der Waals surface area contributed by atoms with Crippen molar-refractivity contribution in [3.63, 3.8) is 0 Å². The fourth-order valence-electron chi connectivity index (χ4n) is 3.37. The van der Waals surface area contributed by atoms with Crippen LogP contribution in [0.4, 0.5) is 17.1 Å². The number of para-hydroxylation sites is 1. The van der Waals surface area contributed by atoms with Gasteiger partial charge in [-0.3, -0.25) is 14.4 Å². The van der Waals surface area contributed by atoms with Crippen molar-refractivity contribution >= 4 is 46.4 Å². The van der Waals surface area contributed by atoms with Gasteiger partial charge in [-0.15, -0.1) is 0 Å². The zero-order valence-electron chi connectivity index (χ0n) is 18.3. The predicted molar refractivity (Wildman–Crippen MR) is 129 cm³/mol. The summed E-state index contributed by atoms with van der Waals surface area (Å²) in [6, 6.07) is 20.2. The number of nitrogens with zero attached hydrogens (tertiary/aromatic N) is 1. The Balaban J connectivity index is 1.51. The van der Waals surface area contributed by atoms with Crippen LogP contribution in [0.15, 0.2) is 83.5 Å². The average Bonchev–Trinajstić information content (AvgIpc) is 3.07. The number of benzene rings is 3. The molecule has 0 atom stereocenters. The van der Waals surface area contributed by atoms with Gasteiger partial charge in [-0.2, -0.15) is 0 Å². The summed E-state index contributed by atoms with van der Waals surface area (Å²) < 4.78 is 10.5. The van der Waals surface area contributed by atoms with Crippen LogP contribution < -0.4 is 25.0 Å². The summed E-state index contributed by atoms with van der Waals surface area (Å²) in [7, 11) is 2.92. The van der Waals surface area contributed by atoms with E-state index in [-0.39, 0.29) is 28.1 Å². The van der Waals surface area contributed by atoms with Gasteiger partial charge in [-0.05, 0) is 48.5 Å². The van der Waals surface area contributed by atoms with Crippen molar-refractivity contribution in [2.75, 3.05) is 29.8 Å². The molecular weight excluding hydrogens is 458 g/mol. The van der Waals surface area contributed by atoms with Crippen LogP contribution in [0.3, 0.4) is 0 Å². The van der Waals surface area contributed by atoms with Crippen LogP contribution in [0.5, 0.6) is 11.5 Å². The molecule has 0 aromatic heterocycles. The number of hydrogen-bond acceptors (Lipinski definition) is 6. The second kappa shape index (κ2) is 9.68. The van der Waals surface area contributed by atoms with Crippen LogP contribution in [0, 0.1) is 0 Å². The highest BCUT2D eigenvalue weighted by Gasteiger charge is 2.40. The molecule has 3 aromatic rings. The van der Waals surface area contributed by atoms with Crippen LogP contribution in [0.2, 0.25) is 0 Å². The summed E-state index contributed by atoms with van der Waals surface area (Å²) in [4.78, 5) is 39.2. The number of amides is 3. The third kappa shape index (κ3) is 4.44.